The first kappa shape index (κ1) is 10.7. The maximum absolute atomic E-state index is 11.3. The van der Waals surface area contributed by atoms with E-state index in [4.69, 9.17) is 0 Å². The fourth-order valence-electron chi connectivity index (χ4n) is 0.778. The summed E-state index contributed by atoms with van der Waals surface area (Å²) < 4.78 is 0.876. The molecule has 5 heteroatoms. The van der Waals surface area contributed by atoms with Crippen molar-refractivity contribution >= 4 is 27.8 Å². The predicted octanol–water partition coefficient (Wildman–Crippen LogP) is 1.66. The number of halogens is 1. The molecule has 1 aromatic carbocycles. The van der Waals surface area contributed by atoms with E-state index in [-0.39, 0.29) is 0 Å². The lowest BCUT2D eigenvalue weighted by molar-refractivity contribution is -0.146. The van der Waals surface area contributed by atoms with Crippen molar-refractivity contribution < 1.29 is 14.4 Å². The number of carbonyl (C=O) groups is 2. The van der Waals surface area contributed by atoms with Crippen molar-refractivity contribution in [3.63, 3.8) is 0 Å². The minimum atomic E-state index is -0.560. The van der Waals surface area contributed by atoms with Gasteiger partial charge in [-0.2, -0.15) is 5.48 Å². The Morgan fingerprint density at radius 2 is 1.86 bits per heavy atom. The van der Waals surface area contributed by atoms with Crippen molar-refractivity contribution in [1.82, 2.24) is 5.48 Å². The number of carbonyl (C=O) groups excluding carboxylic acids is 2. The molecule has 74 valence electrons. The second kappa shape index (κ2) is 4.76. The summed E-state index contributed by atoms with van der Waals surface area (Å²) in [6, 6.07) is 6.68. The van der Waals surface area contributed by atoms with Crippen molar-refractivity contribution in [2.24, 2.45) is 0 Å². The van der Waals surface area contributed by atoms with Crippen LogP contribution in [0.5, 0.6) is 0 Å². The molecule has 1 aromatic rings. The van der Waals surface area contributed by atoms with Crippen LogP contribution in [-0.4, -0.2) is 11.9 Å². The summed E-state index contributed by atoms with van der Waals surface area (Å²) in [5.41, 5.74) is 2.44. The molecule has 0 aliphatic heterocycles. The molecular formula is C9H8BrNO3. The van der Waals surface area contributed by atoms with Gasteiger partial charge in [-0.25, -0.2) is 0 Å². The Balaban J connectivity index is 2.61. The Hall–Kier alpha value is -1.36. The van der Waals surface area contributed by atoms with Gasteiger partial charge in [-0.1, -0.05) is 15.9 Å². The maximum atomic E-state index is 11.3. The Morgan fingerprint density at radius 1 is 1.29 bits per heavy atom. The lowest BCUT2D eigenvalue weighted by Crippen LogP contribution is -2.25. The van der Waals surface area contributed by atoms with Crippen molar-refractivity contribution in [1.29, 1.82) is 0 Å². The molecular weight excluding hydrogens is 250 g/mol. The highest BCUT2D eigenvalue weighted by molar-refractivity contribution is 9.10. The molecule has 0 heterocycles. The molecule has 0 fully saturated rings. The van der Waals surface area contributed by atoms with Gasteiger partial charge < -0.3 is 4.84 Å². The molecule has 0 aliphatic rings. The number of hydrogen-bond acceptors (Lipinski definition) is 3. The quantitative estimate of drug-likeness (QED) is 0.779. The van der Waals surface area contributed by atoms with Gasteiger partial charge >= 0.3 is 5.97 Å². The zero-order valence-electron chi connectivity index (χ0n) is 7.41. The highest BCUT2D eigenvalue weighted by atomic mass is 79.9. The van der Waals surface area contributed by atoms with Gasteiger partial charge in [-0.3, -0.25) is 9.59 Å². The number of hydrogen-bond donors (Lipinski definition) is 1. The highest BCUT2D eigenvalue weighted by Gasteiger charge is 2.05. The molecule has 0 spiro atoms. The second-order valence-corrected chi connectivity index (χ2v) is 3.45. The van der Waals surface area contributed by atoms with E-state index in [0.29, 0.717) is 5.56 Å². The zero-order valence-corrected chi connectivity index (χ0v) is 9.00. The Kier molecular flexibility index (Phi) is 3.64. The lowest BCUT2D eigenvalue weighted by atomic mass is 10.2. The van der Waals surface area contributed by atoms with Crippen molar-refractivity contribution in [3.8, 4) is 0 Å². The van der Waals surface area contributed by atoms with Crippen molar-refractivity contribution in [2.75, 3.05) is 0 Å². The molecule has 1 N–H and O–H groups in total. The van der Waals surface area contributed by atoms with E-state index >= 15 is 0 Å². The molecule has 14 heavy (non-hydrogen) atoms. The maximum Gasteiger partial charge on any atom is 0.329 e. The van der Waals surface area contributed by atoms with Crippen molar-refractivity contribution in [2.45, 2.75) is 6.92 Å². The monoisotopic (exact) mass is 257 g/mol. The van der Waals surface area contributed by atoms with Gasteiger partial charge in [0.1, 0.15) is 0 Å². The number of nitrogens with one attached hydrogen (secondary N) is 1. The number of hydroxylamine groups is 1. The van der Waals surface area contributed by atoms with E-state index in [0.717, 1.165) is 4.47 Å². The third kappa shape index (κ3) is 3.18. The molecule has 0 bridgehead atoms. The number of benzene rings is 1. The Bertz CT molecular complexity index is 348. The molecule has 0 aliphatic carbocycles. The Labute approximate surface area is 89.3 Å². The van der Waals surface area contributed by atoms with Crippen LogP contribution in [0.15, 0.2) is 28.7 Å². The summed E-state index contributed by atoms with van der Waals surface area (Å²) >= 11 is 3.24. The predicted molar refractivity (Wildman–Crippen MR) is 53.4 cm³/mol. The lowest BCUT2D eigenvalue weighted by Gasteiger charge is -2.02. The van der Waals surface area contributed by atoms with Crippen LogP contribution in [0.3, 0.4) is 0 Å². The van der Waals surface area contributed by atoms with Gasteiger partial charge in [0.25, 0.3) is 5.91 Å². The molecule has 0 unspecified atom stereocenters. The number of rotatable bonds is 1. The first-order chi connectivity index (χ1) is 6.59. The van der Waals surface area contributed by atoms with Crippen LogP contribution >= 0.6 is 15.9 Å². The average Bonchev–Trinajstić information content (AvgIpc) is 2.15. The third-order valence-electron chi connectivity index (χ3n) is 1.39. The fourth-order valence-corrected chi connectivity index (χ4v) is 1.04. The average molecular weight is 258 g/mol. The molecule has 4 nitrogen and oxygen atoms in total. The minimum Gasteiger partial charge on any atom is -0.341 e. The van der Waals surface area contributed by atoms with Crippen LogP contribution in [-0.2, 0) is 9.63 Å². The summed E-state index contributed by atoms with van der Waals surface area (Å²) in [6.45, 7) is 1.21. The van der Waals surface area contributed by atoms with Gasteiger partial charge in [-0.15, -0.1) is 0 Å². The third-order valence-corrected chi connectivity index (χ3v) is 1.92. The molecule has 0 saturated carbocycles. The van der Waals surface area contributed by atoms with Crippen LogP contribution in [0, 0.1) is 0 Å². The summed E-state index contributed by atoms with van der Waals surface area (Å²) in [7, 11) is 0. The molecule has 0 aromatic heterocycles. The normalized spacial score (nSPS) is 9.29. The molecule has 1 rings (SSSR count). The first-order valence-electron chi connectivity index (χ1n) is 3.83. The van der Waals surface area contributed by atoms with E-state index in [1.54, 1.807) is 24.3 Å². The highest BCUT2D eigenvalue weighted by Crippen LogP contribution is 2.10. The van der Waals surface area contributed by atoms with E-state index < -0.39 is 11.9 Å². The van der Waals surface area contributed by atoms with Gasteiger partial charge in [-0.05, 0) is 24.3 Å². The summed E-state index contributed by atoms with van der Waals surface area (Å²) in [5, 5.41) is 0. The number of amides is 1. The summed E-state index contributed by atoms with van der Waals surface area (Å²) in [5.74, 6) is -1.01. The van der Waals surface area contributed by atoms with Crippen LogP contribution in [0.4, 0.5) is 0 Å². The topological polar surface area (TPSA) is 55.4 Å². The van der Waals surface area contributed by atoms with Gasteiger partial charge in [0.05, 0.1) is 0 Å². The van der Waals surface area contributed by atoms with Gasteiger partial charge in [0.2, 0.25) is 0 Å². The van der Waals surface area contributed by atoms with Crippen LogP contribution < -0.4 is 5.48 Å². The SMILES string of the molecule is CC(=O)ONC(=O)c1ccc(Br)cc1. The van der Waals surface area contributed by atoms with Crippen LogP contribution in [0.1, 0.15) is 17.3 Å². The van der Waals surface area contributed by atoms with E-state index in [9.17, 15) is 9.59 Å². The molecule has 0 atom stereocenters. The van der Waals surface area contributed by atoms with Crippen LogP contribution in [0.2, 0.25) is 0 Å². The Morgan fingerprint density at radius 3 is 2.36 bits per heavy atom. The van der Waals surface area contributed by atoms with Gasteiger partial charge in [0, 0.05) is 17.0 Å². The minimum absolute atomic E-state index is 0.425. The van der Waals surface area contributed by atoms with E-state index in [1.165, 1.54) is 6.92 Å². The van der Waals surface area contributed by atoms with E-state index in [1.807, 2.05) is 5.48 Å². The van der Waals surface area contributed by atoms with E-state index in [2.05, 4.69) is 20.8 Å². The zero-order chi connectivity index (χ0) is 10.6. The first-order valence-corrected chi connectivity index (χ1v) is 4.62. The summed E-state index contributed by atoms with van der Waals surface area (Å²) in [4.78, 5) is 26.0. The molecule has 0 radical (unpaired) electrons. The molecule has 1 amide bonds. The molecule has 0 saturated heterocycles. The van der Waals surface area contributed by atoms with Crippen LogP contribution in [0.25, 0.3) is 0 Å². The van der Waals surface area contributed by atoms with Crippen molar-refractivity contribution in [3.05, 3.63) is 34.3 Å². The smallest absolute Gasteiger partial charge is 0.329 e. The fraction of sp³-hybridized carbons (Fsp3) is 0.111. The second-order valence-electron chi connectivity index (χ2n) is 2.53. The van der Waals surface area contributed by atoms with Gasteiger partial charge in [0.15, 0.2) is 0 Å². The standard InChI is InChI=1S/C9H8BrNO3/c1-6(12)14-11-9(13)7-2-4-8(10)5-3-7/h2-5H,1H3,(H,11,13). The largest absolute Gasteiger partial charge is 0.341 e. The summed E-state index contributed by atoms with van der Waals surface area (Å²) in [6.07, 6.45) is 0.